The molecule has 0 bridgehead atoms. The lowest BCUT2D eigenvalue weighted by Gasteiger charge is -2.18. The predicted molar refractivity (Wildman–Crippen MR) is 68.0 cm³/mol. The first-order valence-corrected chi connectivity index (χ1v) is 6.15. The van der Waals surface area contributed by atoms with Gasteiger partial charge in [0.25, 0.3) is 5.91 Å². The minimum Gasteiger partial charge on any atom is -0.459 e. The molecule has 2 aromatic heterocycles. The molecule has 0 radical (unpaired) electrons. The monoisotopic (exact) mass is 247 g/mol. The molecule has 0 aromatic carbocycles. The molecule has 0 fully saturated rings. The van der Waals surface area contributed by atoms with Crippen LogP contribution in [0.5, 0.6) is 0 Å². The van der Waals surface area contributed by atoms with Gasteiger partial charge in [0.05, 0.1) is 12.8 Å². The molecule has 3 nitrogen and oxygen atoms in total. The number of furan rings is 1. The Hall–Kier alpha value is -1.81. The highest BCUT2D eigenvalue weighted by atomic mass is 32.1. The molecule has 0 N–H and O–H groups in total. The van der Waals surface area contributed by atoms with Crippen LogP contribution in [0.15, 0.2) is 53.0 Å². The number of carbonyl (C=O) groups is 1. The fraction of sp³-hybridized carbons (Fsp3) is 0.154. The third kappa shape index (κ3) is 2.85. The summed E-state index contributed by atoms with van der Waals surface area (Å²) in [7, 11) is 0. The summed E-state index contributed by atoms with van der Waals surface area (Å²) in [6.07, 6.45) is 3.22. The molecule has 0 spiro atoms. The van der Waals surface area contributed by atoms with Crippen molar-refractivity contribution in [3.8, 4) is 0 Å². The summed E-state index contributed by atoms with van der Waals surface area (Å²) < 4.78 is 5.12. The fourth-order valence-electron chi connectivity index (χ4n) is 1.52. The fourth-order valence-corrected chi connectivity index (χ4v) is 2.24. The van der Waals surface area contributed by atoms with Gasteiger partial charge in [0.2, 0.25) is 0 Å². The van der Waals surface area contributed by atoms with Crippen LogP contribution < -0.4 is 0 Å². The van der Waals surface area contributed by atoms with Crippen LogP contribution >= 0.6 is 11.3 Å². The summed E-state index contributed by atoms with van der Waals surface area (Å²) in [6.45, 7) is 4.77. The molecule has 2 rings (SSSR count). The average molecular weight is 247 g/mol. The Morgan fingerprint density at radius 1 is 1.47 bits per heavy atom. The summed E-state index contributed by atoms with van der Waals surface area (Å²) >= 11 is 1.63. The summed E-state index contributed by atoms with van der Waals surface area (Å²) in [5.41, 5.74) is 0. The van der Waals surface area contributed by atoms with Crippen molar-refractivity contribution in [2.75, 3.05) is 6.54 Å². The van der Waals surface area contributed by atoms with Crippen LogP contribution in [0.2, 0.25) is 0 Å². The molecular formula is C13H13NO2S. The maximum atomic E-state index is 12.1. The predicted octanol–water partition coefficient (Wildman–Crippen LogP) is 3.17. The van der Waals surface area contributed by atoms with Gasteiger partial charge in [0.1, 0.15) is 0 Å². The van der Waals surface area contributed by atoms with E-state index in [1.165, 1.54) is 6.26 Å². The Kier molecular flexibility index (Phi) is 3.77. The Balaban J connectivity index is 2.11. The Labute approximate surface area is 104 Å². The molecular weight excluding hydrogens is 234 g/mol. The van der Waals surface area contributed by atoms with Gasteiger partial charge in [-0.15, -0.1) is 17.9 Å². The first-order valence-electron chi connectivity index (χ1n) is 5.27. The van der Waals surface area contributed by atoms with Crippen LogP contribution in [0.25, 0.3) is 0 Å². The van der Waals surface area contributed by atoms with Crippen molar-refractivity contribution in [1.82, 2.24) is 4.90 Å². The maximum absolute atomic E-state index is 12.1. The molecule has 4 heteroatoms. The molecule has 88 valence electrons. The number of thiophene rings is 1. The number of hydrogen-bond acceptors (Lipinski definition) is 3. The van der Waals surface area contributed by atoms with Gasteiger partial charge in [0.15, 0.2) is 5.76 Å². The van der Waals surface area contributed by atoms with E-state index in [1.54, 1.807) is 34.4 Å². The Morgan fingerprint density at radius 2 is 2.35 bits per heavy atom. The van der Waals surface area contributed by atoms with E-state index < -0.39 is 0 Å². The van der Waals surface area contributed by atoms with Gasteiger partial charge in [-0.25, -0.2) is 0 Å². The van der Waals surface area contributed by atoms with Crippen LogP contribution in [-0.2, 0) is 6.54 Å². The molecule has 1 amide bonds. The lowest BCUT2D eigenvalue weighted by molar-refractivity contribution is 0.0732. The normalized spacial score (nSPS) is 10.1. The second kappa shape index (κ2) is 5.50. The smallest absolute Gasteiger partial charge is 0.290 e. The summed E-state index contributed by atoms with van der Waals surface area (Å²) in [6, 6.07) is 7.37. The second-order valence-corrected chi connectivity index (χ2v) is 4.56. The number of hydrogen-bond donors (Lipinski definition) is 0. The first-order chi connectivity index (χ1) is 8.31. The highest BCUT2D eigenvalue weighted by Gasteiger charge is 2.17. The third-order valence-electron chi connectivity index (χ3n) is 2.30. The number of nitrogens with zero attached hydrogens (tertiary/aromatic N) is 1. The molecule has 0 atom stereocenters. The van der Waals surface area contributed by atoms with E-state index in [1.807, 2.05) is 17.5 Å². The van der Waals surface area contributed by atoms with Crippen LogP contribution in [0, 0.1) is 0 Å². The minimum atomic E-state index is -0.108. The van der Waals surface area contributed by atoms with Gasteiger partial charge < -0.3 is 9.32 Å². The van der Waals surface area contributed by atoms with Gasteiger partial charge >= 0.3 is 0 Å². The van der Waals surface area contributed by atoms with Crippen molar-refractivity contribution in [3.05, 3.63) is 59.2 Å². The quantitative estimate of drug-likeness (QED) is 0.760. The molecule has 0 unspecified atom stereocenters. The SMILES string of the molecule is C=CCN(Cc1cccs1)C(=O)c1ccco1. The van der Waals surface area contributed by atoms with E-state index in [9.17, 15) is 4.79 Å². The number of rotatable bonds is 5. The third-order valence-corrected chi connectivity index (χ3v) is 3.16. The van der Waals surface area contributed by atoms with E-state index >= 15 is 0 Å². The minimum absolute atomic E-state index is 0.108. The largest absolute Gasteiger partial charge is 0.459 e. The zero-order valence-corrected chi connectivity index (χ0v) is 10.2. The zero-order chi connectivity index (χ0) is 12.1. The molecule has 0 aliphatic heterocycles. The lowest BCUT2D eigenvalue weighted by atomic mass is 10.3. The van der Waals surface area contributed by atoms with Gasteiger partial charge in [-0.05, 0) is 23.6 Å². The van der Waals surface area contributed by atoms with Crippen molar-refractivity contribution in [1.29, 1.82) is 0 Å². The van der Waals surface area contributed by atoms with Gasteiger partial charge in [-0.2, -0.15) is 0 Å². The standard InChI is InChI=1S/C13H13NO2S/c1-2-7-14(10-11-5-4-9-17-11)13(15)12-6-3-8-16-12/h2-6,8-9H,1,7,10H2. The van der Waals surface area contributed by atoms with Crippen LogP contribution in [0.3, 0.4) is 0 Å². The number of amides is 1. The molecule has 2 aromatic rings. The van der Waals surface area contributed by atoms with Crippen molar-refractivity contribution in [2.24, 2.45) is 0 Å². The van der Waals surface area contributed by atoms with E-state index in [0.717, 1.165) is 4.88 Å². The van der Waals surface area contributed by atoms with E-state index in [-0.39, 0.29) is 5.91 Å². The van der Waals surface area contributed by atoms with Crippen molar-refractivity contribution in [3.63, 3.8) is 0 Å². The van der Waals surface area contributed by atoms with E-state index in [0.29, 0.717) is 18.8 Å². The van der Waals surface area contributed by atoms with E-state index in [2.05, 4.69) is 6.58 Å². The van der Waals surface area contributed by atoms with Crippen molar-refractivity contribution < 1.29 is 9.21 Å². The van der Waals surface area contributed by atoms with Gasteiger partial charge in [-0.3, -0.25) is 4.79 Å². The molecule has 0 saturated heterocycles. The Morgan fingerprint density at radius 3 is 2.94 bits per heavy atom. The molecule has 0 saturated carbocycles. The highest BCUT2D eigenvalue weighted by Crippen LogP contribution is 2.14. The van der Waals surface area contributed by atoms with Crippen molar-refractivity contribution in [2.45, 2.75) is 6.54 Å². The topological polar surface area (TPSA) is 33.5 Å². The molecule has 2 heterocycles. The van der Waals surface area contributed by atoms with Gasteiger partial charge in [-0.1, -0.05) is 12.1 Å². The van der Waals surface area contributed by atoms with Crippen LogP contribution in [0.1, 0.15) is 15.4 Å². The summed E-state index contributed by atoms with van der Waals surface area (Å²) in [5.74, 6) is 0.256. The maximum Gasteiger partial charge on any atom is 0.290 e. The molecule has 17 heavy (non-hydrogen) atoms. The summed E-state index contributed by atoms with van der Waals surface area (Å²) in [4.78, 5) is 15.0. The van der Waals surface area contributed by atoms with Crippen LogP contribution in [-0.4, -0.2) is 17.4 Å². The summed E-state index contributed by atoms with van der Waals surface area (Å²) in [5, 5.41) is 2.00. The first kappa shape index (κ1) is 11.7. The van der Waals surface area contributed by atoms with Crippen LogP contribution in [0.4, 0.5) is 0 Å². The second-order valence-electron chi connectivity index (χ2n) is 3.53. The number of carbonyl (C=O) groups excluding carboxylic acids is 1. The van der Waals surface area contributed by atoms with Gasteiger partial charge in [0, 0.05) is 11.4 Å². The zero-order valence-electron chi connectivity index (χ0n) is 9.33. The van der Waals surface area contributed by atoms with Crippen molar-refractivity contribution >= 4 is 17.2 Å². The Bertz CT molecular complexity index is 474. The average Bonchev–Trinajstić information content (AvgIpc) is 3.00. The lowest BCUT2D eigenvalue weighted by Crippen LogP contribution is -2.30. The van der Waals surface area contributed by atoms with E-state index in [4.69, 9.17) is 4.42 Å². The molecule has 0 aliphatic rings. The molecule has 0 aliphatic carbocycles. The highest BCUT2D eigenvalue weighted by molar-refractivity contribution is 7.09.